The van der Waals surface area contributed by atoms with Crippen LogP contribution in [-0.4, -0.2) is 27.6 Å². The van der Waals surface area contributed by atoms with Gasteiger partial charge in [-0.1, -0.05) is 13.3 Å². The number of nitrogens with zero attached hydrogens (tertiary/aromatic N) is 2. The quantitative estimate of drug-likeness (QED) is 0.820. The smallest absolute Gasteiger partial charge is 0.194 e. The van der Waals surface area contributed by atoms with Crippen LogP contribution in [0.25, 0.3) is 4.96 Å². The van der Waals surface area contributed by atoms with E-state index in [4.69, 9.17) is 5.11 Å². The van der Waals surface area contributed by atoms with E-state index in [0.717, 1.165) is 36.6 Å². The highest BCUT2D eigenvalue weighted by atomic mass is 32.1. The molecule has 0 spiro atoms. The molecule has 4 nitrogen and oxygen atoms in total. The number of thiazole rings is 1. The molecule has 2 rings (SSSR count). The molecule has 0 saturated carbocycles. The third-order valence-electron chi connectivity index (χ3n) is 3.67. The Morgan fingerprint density at radius 2 is 2.26 bits per heavy atom. The second-order valence-electron chi connectivity index (χ2n) is 5.06. The molecule has 5 heteroatoms. The maximum Gasteiger partial charge on any atom is 0.194 e. The van der Waals surface area contributed by atoms with Gasteiger partial charge in [0.25, 0.3) is 0 Å². The molecule has 0 amide bonds. The minimum Gasteiger partial charge on any atom is -0.396 e. The van der Waals surface area contributed by atoms with E-state index in [0.29, 0.717) is 5.92 Å². The minimum atomic E-state index is 0.278. The van der Waals surface area contributed by atoms with Crippen LogP contribution in [0.2, 0.25) is 0 Å². The normalized spacial score (nSPS) is 13.3. The lowest BCUT2D eigenvalue weighted by Crippen LogP contribution is -2.24. The predicted octanol–water partition coefficient (Wildman–Crippen LogP) is 2.51. The first kappa shape index (κ1) is 14.5. The fourth-order valence-electron chi connectivity index (χ4n) is 2.40. The van der Waals surface area contributed by atoms with E-state index in [1.165, 1.54) is 11.4 Å². The molecule has 2 aromatic rings. The van der Waals surface area contributed by atoms with Crippen molar-refractivity contribution in [3.63, 3.8) is 0 Å². The van der Waals surface area contributed by atoms with E-state index >= 15 is 0 Å². The first-order valence-electron chi connectivity index (χ1n) is 6.91. The summed E-state index contributed by atoms with van der Waals surface area (Å²) in [6.07, 6.45) is 1.98. The summed E-state index contributed by atoms with van der Waals surface area (Å²) in [7, 11) is 0. The van der Waals surface area contributed by atoms with Gasteiger partial charge in [0.1, 0.15) is 0 Å². The van der Waals surface area contributed by atoms with E-state index < -0.39 is 0 Å². The van der Waals surface area contributed by atoms with Crippen molar-refractivity contribution in [2.45, 2.75) is 40.2 Å². The van der Waals surface area contributed by atoms with E-state index in [1.54, 1.807) is 11.3 Å². The molecule has 2 heterocycles. The van der Waals surface area contributed by atoms with Gasteiger partial charge >= 0.3 is 0 Å². The van der Waals surface area contributed by atoms with Crippen molar-refractivity contribution >= 4 is 16.3 Å². The van der Waals surface area contributed by atoms with Crippen molar-refractivity contribution in [3.05, 3.63) is 22.5 Å². The predicted molar refractivity (Wildman–Crippen MR) is 79.7 cm³/mol. The van der Waals surface area contributed by atoms with E-state index in [9.17, 15) is 0 Å². The van der Waals surface area contributed by atoms with Gasteiger partial charge in [-0.15, -0.1) is 11.3 Å². The van der Waals surface area contributed by atoms with E-state index in [1.807, 2.05) is 0 Å². The monoisotopic (exact) mass is 281 g/mol. The molecule has 0 bridgehead atoms. The lowest BCUT2D eigenvalue weighted by atomic mass is 10.0. The number of fused-ring (bicyclic) bond motifs is 1. The number of aryl methyl sites for hydroxylation is 2. The Morgan fingerprint density at radius 3 is 2.95 bits per heavy atom. The van der Waals surface area contributed by atoms with Gasteiger partial charge in [-0.25, -0.2) is 4.98 Å². The fourth-order valence-corrected chi connectivity index (χ4v) is 3.33. The summed E-state index contributed by atoms with van der Waals surface area (Å²) in [5, 5.41) is 14.7. The lowest BCUT2D eigenvalue weighted by Gasteiger charge is -2.14. The van der Waals surface area contributed by atoms with Gasteiger partial charge in [0.2, 0.25) is 0 Å². The number of hydrogen-bond acceptors (Lipinski definition) is 4. The Hall–Kier alpha value is -0.910. The second kappa shape index (κ2) is 6.50. The average Bonchev–Trinajstić information content (AvgIpc) is 2.89. The molecule has 0 radical (unpaired) electrons. The van der Waals surface area contributed by atoms with Gasteiger partial charge in [-0.2, -0.15) is 0 Å². The number of imidazole rings is 1. The Kier molecular flexibility index (Phi) is 4.96. The van der Waals surface area contributed by atoms with Gasteiger partial charge in [-0.3, -0.25) is 4.40 Å². The molecule has 0 aromatic carbocycles. The second-order valence-corrected chi connectivity index (χ2v) is 5.89. The minimum absolute atomic E-state index is 0.278. The van der Waals surface area contributed by atoms with Gasteiger partial charge in [-0.05, 0) is 32.7 Å². The molecule has 0 saturated heterocycles. The van der Waals surface area contributed by atoms with Crippen molar-refractivity contribution in [1.82, 2.24) is 14.7 Å². The first-order chi connectivity index (χ1) is 9.17. The number of aliphatic hydroxyl groups excluding tert-OH is 1. The van der Waals surface area contributed by atoms with Crippen molar-refractivity contribution in [2.24, 2.45) is 5.92 Å². The molecule has 0 aliphatic rings. The zero-order valence-electron chi connectivity index (χ0n) is 11.9. The maximum atomic E-state index is 9.00. The van der Waals surface area contributed by atoms with Crippen LogP contribution in [-0.2, 0) is 6.54 Å². The van der Waals surface area contributed by atoms with Gasteiger partial charge < -0.3 is 10.4 Å². The van der Waals surface area contributed by atoms with Crippen molar-refractivity contribution in [1.29, 1.82) is 0 Å². The van der Waals surface area contributed by atoms with Gasteiger partial charge in [0, 0.05) is 24.2 Å². The van der Waals surface area contributed by atoms with Gasteiger partial charge in [0.05, 0.1) is 11.4 Å². The number of rotatable bonds is 7. The first-order valence-corrected chi connectivity index (χ1v) is 7.78. The molecule has 0 fully saturated rings. The number of aliphatic hydroxyl groups is 1. The zero-order valence-corrected chi connectivity index (χ0v) is 12.8. The maximum absolute atomic E-state index is 9.00. The van der Waals surface area contributed by atoms with Crippen LogP contribution in [0.4, 0.5) is 0 Å². The Morgan fingerprint density at radius 1 is 1.47 bits per heavy atom. The molecule has 1 unspecified atom stereocenters. The van der Waals surface area contributed by atoms with Crippen LogP contribution >= 0.6 is 11.3 Å². The number of nitrogens with one attached hydrogen (secondary N) is 1. The van der Waals surface area contributed by atoms with Crippen molar-refractivity contribution < 1.29 is 5.11 Å². The highest BCUT2D eigenvalue weighted by Crippen LogP contribution is 2.20. The lowest BCUT2D eigenvalue weighted by molar-refractivity contribution is 0.251. The molecular weight excluding hydrogens is 258 g/mol. The molecule has 2 N–H and O–H groups in total. The SMILES string of the molecule is CCC(CCO)CNCc1c(C)nc2scc(C)n12. The summed E-state index contributed by atoms with van der Waals surface area (Å²) in [6, 6.07) is 0. The summed E-state index contributed by atoms with van der Waals surface area (Å²) in [6.45, 7) is 8.43. The van der Waals surface area contributed by atoms with Gasteiger partial charge in [0.15, 0.2) is 4.96 Å². The highest BCUT2D eigenvalue weighted by Gasteiger charge is 2.12. The Labute approximate surface area is 118 Å². The summed E-state index contributed by atoms with van der Waals surface area (Å²) >= 11 is 1.69. The highest BCUT2D eigenvalue weighted by molar-refractivity contribution is 7.15. The topological polar surface area (TPSA) is 49.6 Å². The van der Waals surface area contributed by atoms with Crippen molar-refractivity contribution in [2.75, 3.05) is 13.2 Å². The summed E-state index contributed by atoms with van der Waals surface area (Å²) in [4.78, 5) is 5.67. The fraction of sp³-hybridized carbons (Fsp3) is 0.643. The standard InChI is InChI=1S/C14H23N3OS/c1-4-12(5-6-18)7-15-8-13-11(3)16-14-17(13)10(2)9-19-14/h9,12,15,18H,4-8H2,1-3H3. The molecule has 106 valence electrons. The summed E-state index contributed by atoms with van der Waals surface area (Å²) in [5.74, 6) is 0.553. The van der Waals surface area contributed by atoms with E-state index in [-0.39, 0.29) is 6.61 Å². The van der Waals surface area contributed by atoms with Crippen LogP contribution in [0, 0.1) is 19.8 Å². The van der Waals surface area contributed by atoms with Crippen LogP contribution in [0.3, 0.4) is 0 Å². The molecule has 0 aliphatic heterocycles. The molecular formula is C14H23N3OS. The van der Waals surface area contributed by atoms with Crippen LogP contribution in [0.1, 0.15) is 36.8 Å². The molecule has 1 atom stereocenters. The zero-order chi connectivity index (χ0) is 13.8. The van der Waals surface area contributed by atoms with Crippen LogP contribution in [0.15, 0.2) is 5.38 Å². The summed E-state index contributed by atoms with van der Waals surface area (Å²) < 4.78 is 2.24. The average molecular weight is 281 g/mol. The van der Waals surface area contributed by atoms with E-state index in [2.05, 4.69) is 40.9 Å². The van der Waals surface area contributed by atoms with Crippen molar-refractivity contribution in [3.8, 4) is 0 Å². The molecule has 2 aromatic heterocycles. The van der Waals surface area contributed by atoms with Crippen LogP contribution in [0.5, 0.6) is 0 Å². The third-order valence-corrected chi connectivity index (χ3v) is 4.61. The Balaban J connectivity index is 2.01. The number of aromatic nitrogens is 2. The summed E-state index contributed by atoms with van der Waals surface area (Å²) in [5.41, 5.74) is 3.62. The third kappa shape index (κ3) is 3.16. The largest absolute Gasteiger partial charge is 0.396 e. The number of hydrogen-bond donors (Lipinski definition) is 2. The molecule has 0 aliphatic carbocycles. The Bertz CT molecular complexity index is 532. The molecule has 19 heavy (non-hydrogen) atoms. The van der Waals surface area contributed by atoms with Crippen LogP contribution < -0.4 is 5.32 Å².